The van der Waals surface area contributed by atoms with Crippen molar-refractivity contribution in [2.45, 2.75) is 65.1 Å². The van der Waals surface area contributed by atoms with Crippen LogP contribution in [0, 0.1) is 17.8 Å². The molecule has 0 saturated carbocycles. The number of rotatable bonds is 7. The van der Waals surface area contributed by atoms with E-state index in [-0.39, 0.29) is 24.0 Å². The third-order valence-corrected chi connectivity index (χ3v) is 6.45. The molecule has 2 aliphatic rings. The van der Waals surface area contributed by atoms with Crippen molar-refractivity contribution in [2.24, 2.45) is 23.5 Å². The van der Waals surface area contributed by atoms with E-state index >= 15 is 0 Å². The van der Waals surface area contributed by atoms with Crippen LogP contribution in [0.4, 0.5) is 0 Å². The van der Waals surface area contributed by atoms with Crippen LogP contribution >= 0.6 is 0 Å². The number of nitrogens with two attached hydrogens (primary N) is 1. The molecule has 2 aliphatic heterocycles. The fourth-order valence-electron chi connectivity index (χ4n) is 4.82. The standard InChI is InChI=1S/C24H38N2O4/c1-14(2)9-17-13-26-8-7-16-10-21(28-5)22(29-6)11-18(16)19(26)12-20(17)30-24(27)23(25)15(3)4/h10-11,14-15,17,19-20,23H,7-9,12-13,25H2,1-6H3/i23D. The lowest BCUT2D eigenvalue weighted by Gasteiger charge is -2.47. The molecule has 2 heterocycles. The van der Waals surface area contributed by atoms with Crippen molar-refractivity contribution in [1.82, 2.24) is 4.90 Å². The van der Waals surface area contributed by atoms with Crippen LogP contribution in [0.15, 0.2) is 12.1 Å². The van der Waals surface area contributed by atoms with E-state index in [9.17, 15) is 4.79 Å². The zero-order valence-corrected chi connectivity index (χ0v) is 19.2. The Labute approximate surface area is 182 Å². The maximum atomic E-state index is 12.8. The van der Waals surface area contributed by atoms with Crippen LogP contribution in [0.1, 0.15) is 59.1 Å². The van der Waals surface area contributed by atoms with Crippen molar-refractivity contribution in [1.29, 1.82) is 0 Å². The average molecular weight is 420 g/mol. The van der Waals surface area contributed by atoms with E-state index in [0.717, 1.165) is 31.7 Å². The monoisotopic (exact) mass is 419 g/mol. The fourth-order valence-corrected chi connectivity index (χ4v) is 4.82. The van der Waals surface area contributed by atoms with Gasteiger partial charge in [-0.3, -0.25) is 9.69 Å². The van der Waals surface area contributed by atoms with Gasteiger partial charge in [0.2, 0.25) is 0 Å². The quantitative estimate of drug-likeness (QED) is 0.681. The molecule has 6 nitrogen and oxygen atoms in total. The second kappa shape index (κ2) is 9.56. The molecular weight excluding hydrogens is 380 g/mol. The number of methoxy groups -OCH3 is 2. The summed E-state index contributed by atoms with van der Waals surface area (Å²) in [6, 6.07) is 2.54. The van der Waals surface area contributed by atoms with Gasteiger partial charge in [0, 0.05) is 31.5 Å². The average Bonchev–Trinajstić information content (AvgIpc) is 2.72. The molecule has 6 heteroatoms. The second-order valence-corrected chi connectivity index (χ2v) is 9.35. The van der Waals surface area contributed by atoms with Gasteiger partial charge in [0.15, 0.2) is 11.5 Å². The zero-order chi connectivity index (χ0) is 22.9. The number of carbonyl (C=O) groups is 1. The summed E-state index contributed by atoms with van der Waals surface area (Å²) in [6.07, 6.45) is 2.36. The molecule has 168 valence electrons. The van der Waals surface area contributed by atoms with Gasteiger partial charge in [-0.05, 0) is 47.9 Å². The minimum atomic E-state index is -1.74. The summed E-state index contributed by atoms with van der Waals surface area (Å²) in [7, 11) is 3.30. The molecule has 0 spiro atoms. The Balaban J connectivity index is 1.90. The lowest BCUT2D eigenvalue weighted by Crippen LogP contribution is -2.51. The molecule has 1 aromatic carbocycles. The Morgan fingerprint density at radius 3 is 2.50 bits per heavy atom. The molecule has 1 fully saturated rings. The number of nitrogens with zero attached hydrogens (tertiary/aromatic N) is 1. The van der Waals surface area contributed by atoms with E-state index in [2.05, 4.69) is 30.9 Å². The summed E-state index contributed by atoms with van der Waals surface area (Å²) < 4.78 is 25.3. The molecular formula is C24H38N2O4. The van der Waals surface area contributed by atoms with E-state index in [1.807, 2.05) is 0 Å². The van der Waals surface area contributed by atoms with Crippen LogP contribution < -0.4 is 15.2 Å². The van der Waals surface area contributed by atoms with Crippen LogP contribution in [0.25, 0.3) is 0 Å². The van der Waals surface area contributed by atoms with E-state index in [4.69, 9.17) is 21.3 Å². The highest BCUT2D eigenvalue weighted by molar-refractivity contribution is 5.76. The Kier molecular flexibility index (Phi) is 6.84. The second-order valence-electron chi connectivity index (χ2n) is 9.35. The first kappa shape index (κ1) is 21.4. The van der Waals surface area contributed by atoms with Gasteiger partial charge < -0.3 is 19.9 Å². The molecule has 4 atom stereocenters. The summed E-state index contributed by atoms with van der Waals surface area (Å²) >= 11 is 0. The van der Waals surface area contributed by atoms with Crippen molar-refractivity contribution in [2.75, 3.05) is 27.3 Å². The molecule has 1 saturated heterocycles. The number of hydrogen-bond donors (Lipinski definition) is 1. The van der Waals surface area contributed by atoms with Gasteiger partial charge in [-0.25, -0.2) is 0 Å². The Hall–Kier alpha value is -1.79. The minimum Gasteiger partial charge on any atom is -0.493 e. The van der Waals surface area contributed by atoms with Gasteiger partial charge >= 0.3 is 5.97 Å². The van der Waals surface area contributed by atoms with Crippen molar-refractivity contribution < 1.29 is 20.4 Å². The zero-order valence-electron chi connectivity index (χ0n) is 20.2. The topological polar surface area (TPSA) is 74.0 Å². The number of piperidine rings is 1. The molecule has 3 rings (SSSR count). The maximum absolute atomic E-state index is 12.8. The number of ether oxygens (including phenoxy) is 3. The van der Waals surface area contributed by atoms with Gasteiger partial charge in [0.05, 0.1) is 15.6 Å². The number of benzene rings is 1. The number of esters is 1. The van der Waals surface area contributed by atoms with Gasteiger partial charge in [-0.1, -0.05) is 27.7 Å². The van der Waals surface area contributed by atoms with Gasteiger partial charge in [0.25, 0.3) is 0 Å². The van der Waals surface area contributed by atoms with E-state index < -0.39 is 12.0 Å². The molecule has 0 aliphatic carbocycles. The summed E-state index contributed by atoms with van der Waals surface area (Å²) in [4.78, 5) is 15.3. The lowest BCUT2D eigenvalue weighted by molar-refractivity contribution is -0.160. The Bertz CT molecular complexity index is 796. The predicted molar refractivity (Wildman–Crippen MR) is 118 cm³/mol. The van der Waals surface area contributed by atoms with E-state index in [1.54, 1.807) is 28.1 Å². The van der Waals surface area contributed by atoms with Crippen LogP contribution in [-0.2, 0) is 16.0 Å². The predicted octanol–water partition coefficient (Wildman–Crippen LogP) is 3.56. The molecule has 0 bridgehead atoms. The van der Waals surface area contributed by atoms with Crippen molar-refractivity contribution in [3.8, 4) is 11.5 Å². The first-order chi connectivity index (χ1) is 14.6. The van der Waals surface area contributed by atoms with Gasteiger partial charge in [-0.15, -0.1) is 0 Å². The first-order valence-corrected chi connectivity index (χ1v) is 11.1. The highest BCUT2D eigenvalue weighted by atomic mass is 16.5. The van der Waals surface area contributed by atoms with Crippen molar-refractivity contribution in [3.63, 3.8) is 0 Å². The summed E-state index contributed by atoms with van der Waals surface area (Å²) in [6.45, 7) is 9.78. The number of fused-ring (bicyclic) bond motifs is 3. The third kappa shape index (κ3) is 4.75. The highest BCUT2D eigenvalue weighted by Gasteiger charge is 2.41. The summed E-state index contributed by atoms with van der Waals surface area (Å²) in [5.74, 6) is 1.23. The Morgan fingerprint density at radius 2 is 1.90 bits per heavy atom. The minimum absolute atomic E-state index is 0.140. The highest BCUT2D eigenvalue weighted by Crippen LogP contribution is 2.44. The maximum Gasteiger partial charge on any atom is 0.323 e. The van der Waals surface area contributed by atoms with Gasteiger partial charge in [0.1, 0.15) is 12.1 Å². The molecule has 4 unspecified atom stereocenters. The summed E-state index contributed by atoms with van der Waals surface area (Å²) in [5, 5.41) is 0. The molecule has 2 N–H and O–H groups in total. The van der Waals surface area contributed by atoms with Gasteiger partial charge in [-0.2, -0.15) is 0 Å². The third-order valence-electron chi connectivity index (χ3n) is 6.45. The smallest absolute Gasteiger partial charge is 0.323 e. The molecule has 30 heavy (non-hydrogen) atoms. The largest absolute Gasteiger partial charge is 0.493 e. The van der Waals surface area contributed by atoms with Crippen LogP contribution in [0.5, 0.6) is 11.5 Å². The van der Waals surface area contributed by atoms with Crippen molar-refractivity contribution in [3.05, 3.63) is 23.3 Å². The molecule has 0 amide bonds. The molecule has 1 aromatic rings. The molecule has 0 aromatic heterocycles. The van der Waals surface area contributed by atoms with E-state index in [0.29, 0.717) is 18.1 Å². The number of carbonyl (C=O) groups excluding carboxylic acids is 1. The van der Waals surface area contributed by atoms with Crippen LogP contribution in [0.2, 0.25) is 0 Å². The molecule has 0 radical (unpaired) electrons. The summed E-state index contributed by atoms with van der Waals surface area (Å²) in [5.41, 5.74) is 8.46. The first-order valence-electron chi connectivity index (χ1n) is 11.6. The normalized spacial score (nSPS) is 26.4. The lowest BCUT2D eigenvalue weighted by atomic mass is 9.79. The van der Waals surface area contributed by atoms with Crippen LogP contribution in [-0.4, -0.2) is 50.3 Å². The number of hydrogen-bond acceptors (Lipinski definition) is 6. The van der Waals surface area contributed by atoms with E-state index in [1.165, 1.54) is 11.1 Å². The SMILES string of the molecule is [2H]C(N)(C(=O)OC1CC2c3cc(OC)c(OC)cc3CCN2CC1CC(C)C)C(C)C. The fraction of sp³-hybridized carbons (Fsp3) is 0.708. The van der Waals surface area contributed by atoms with Crippen LogP contribution in [0.3, 0.4) is 0 Å². The Morgan fingerprint density at radius 1 is 1.23 bits per heavy atom. The van der Waals surface area contributed by atoms with Crippen molar-refractivity contribution >= 4 is 5.97 Å².